The van der Waals surface area contributed by atoms with Crippen LogP contribution in [0.4, 0.5) is 0 Å². The summed E-state index contributed by atoms with van der Waals surface area (Å²) in [7, 11) is -3.25. The van der Waals surface area contributed by atoms with E-state index in [2.05, 4.69) is 15.6 Å². The van der Waals surface area contributed by atoms with Crippen LogP contribution in [0.3, 0.4) is 0 Å². The third kappa shape index (κ3) is 6.41. The molecule has 2 rings (SSSR count). The molecule has 3 N–H and O–H groups in total. The monoisotopic (exact) mass is 420 g/mol. The summed E-state index contributed by atoms with van der Waals surface area (Å²) in [6.07, 6.45) is 0. The Labute approximate surface area is 164 Å². The number of hydrogen-bond donors (Lipinski definition) is 3. The molecule has 1 saturated heterocycles. The minimum absolute atomic E-state index is 0.0311. The molecule has 10 heteroatoms. The smallest absolute Gasteiger partial charge is 0.215 e. The second kappa shape index (κ2) is 9.93. The van der Waals surface area contributed by atoms with Crippen molar-refractivity contribution in [1.82, 2.24) is 14.9 Å². The van der Waals surface area contributed by atoms with Crippen molar-refractivity contribution in [1.29, 1.82) is 0 Å². The molecule has 0 bridgehead atoms. The molecule has 0 amide bonds. The van der Waals surface area contributed by atoms with Crippen molar-refractivity contribution in [2.45, 2.75) is 19.4 Å². The first-order chi connectivity index (χ1) is 12.3. The van der Waals surface area contributed by atoms with E-state index >= 15 is 0 Å². The van der Waals surface area contributed by atoms with E-state index in [-0.39, 0.29) is 18.8 Å². The van der Waals surface area contributed by atoms with Crippen molar-refractivity contribution in [3.63, 3.8) is 0 Å². The topological polar surface area (TPSA) is 94.0 Å². The van der Waals surface area contributed by atoms with Gasteiger partial charge in [0.15, 0.2) is 5.96 Å². The maximum absolute atomic E-state index is 12.4. The highest BCUT2D eigenvalue weighted by Crippen LogP contribution is 2.25. The SMILES string of the molecule is CCNC(=NCC(C)(O)c1cccs1)NCCS(=O)(=O)N1CCSCC1. The number of aliphatic imine (C=N–C) groups is 1. The van der Waals surface area contributed by atoms with Crippen LogP contribution >= 0.6 is 23.1 Å². The molecule has 7 nitrogen and oxygen atoms in total. The first kappa shape index (κ1) is 21.5. The van der Waals surface area contributed by atoms with Crippen molar-refractivity contribution >= 4 is 39.1 Å². The van der Waals surface area contributed by atoms with Crippen LogP contribution < -0.4 is 10.6 Å². The molecule has 0 spiro atoms. The van der Waals surface area contributed by atoms with Crippen LogP contribution in [-0.2, 0) is 15.6 Å². The number of sulfonamides is 1. The largest absolute Gasteiger partial charge is 0.383 e. The first-order valence-electron chi connectivity index (χ1n) is 8.69. The summed E-state index contributed by atoms with van der Waals surface area (Å²) >= 11 is 3.27. The maximum atomic E-state index is 12.4. The lowest BCUT2D eigenvalue weighted by molar-refractivity contribution is 0.0711. The minimum Gasteiger partial charge on any atom is -0.383 e. The molecule has 1 aromatic heterocycles. The summed E-state index contributed by atoms with van der Waals surface area (Å²) in [5.74, 6) is 2.25. The Balaban J connectivity index is 1.89. The number of nitrogens with one attached hydrogen (secondary N) is 2. The van der Waals surface area contributed by atoms with E-state index in [1.165, 1.54) is 11.3 Å². The molecule has 2 heterocycles. The van der Waals surface area contributed by atoms with Gasteiger partial charge in [0.2, 0.25) is 10.0 Å². The quantitative estimate of drug-likeness (QED) is 0.427. The molecule has 1 aromatic rings. The predicted octanol–water partition coefficient (Wildman–Crippen LogP) is 0.889. The second-order valence-electron chi connectivity index (χ2n) is 6.20. The molecule has 148 valence electrons. The Morgan fingerprint density at radius 2 is 2.12 bits per heavy atom. The highest BCUT2D eigenvalue weighted by atomic mass is 32.2. The van der Waals surface area contributed by atoms with Crippen LogP contribution in [0.25, 0.3) is 0 Å². The second-order valence-corrected chi connectivity index (χ2v) is 10.5. The summed E-state index contributed by atoms with van der Waals surface area (Å²) in [6, 6.07) is 3.77. The van der Waals surface area contributed by atoms with Crippen molar-refractivity contribution in [3.05, 3.63) is 22.4 Å². The zero-order valence-electron chi connectivity index (χ0n) is 15.3. The van der Waals surface area contributed by atoms with E-state index in [9.17, 15) is 13.5 Å². The van der Waals surface area contributed by atoms with E-state index in [4.69, 9.17) is 0 Å². The fraction of sp³-hybridized carbons (Fsp3) is 0.688. The van der Waals surface area contributed by atoms with Crippen molar-refractivity contribution in [2.75, 3.05) is 50.0 Å². The number of thiophene rings is 1. The molecule has 1 unspecified atom stereocenters. The van der Waals surface area contributed by atoms with Crippen LogP contribution in [0.1, 0.15) is 18.7 Å². The lowest BCUT2D eigenvalue weighted by Crippen LogP contribution is -2.44. The number of aliphatic hydroxyl groups is 1. The van der Waals surface area contributed by atoms with E-state index in [1.54, 1.807) is 23.0 Å². The van der Waals surface area contributed by atoms with Gasteiger partial charge in [-0.15, -0.1) is 11.3 Å². The Morgan fingerprint density at radius 3 is 2.73 bits per heavy atom. The molecule has 26 heavy (non-hydrogen) atoms. The van der Waals surface area contributed by atoms with Crippen LogP contribution in [0.15, 0.2) is 22.5 Å². The minimum atomic E-state index is -3.25. The average molecular weight is 421 g/mol. The van der Waals surface area contributed by atoms with Gasteiger partial charge in [0.25, 0.3) is 0 Å². The van der Waals surface area contributed by atoms with Crippen LogP contribution in [0, 0.1) is 0 Å². The molecular formula is C16H28N4O3S3. The fourth-order valence-corrected chi connectivity index (χ4v) is 5.76. The van der Waals surface area contributed by atoms with Crippen LogP contribution in [-0.4, -0.2) is 73.8 Å². The number of rotatable bonds is 8. The molecular weight excluding hydrogens is 392 g/mol. The molecule has 0 radical (unpaired) electrons. The average Bonchev–Trinajstić information content (AvgIpc) is 3.16. The third-order valence-electron chi connectivity index (χ3n) is 3.96. The highest BCUT2D eigenvalue weighted by molar-refractivity contribution is 7.99. The van der Waals surface area contributed by atoms with Gasteiger partial charge in [-0.2, -0.15) is 11.8 Å². The Kier molecular flexibility index (Phi) is 8.21. The molecule has 1 aliphatic rings. The standard InChI is InChI=1S/C16H28N4O3S3/c1-3-17-15(19-13-16(2,21)14-5-4-9-25-14)18-6-12-26(22,23)20-7-10-24-11-8-20/h4-5,9,21H,3,6-8,10-13H2,1-2H3,(H2,17,18,19). The number of guanidine groups is 1. The van der Waals surface area contributed by atoms with E-state index in [0.717, 1.165) is 16.4 Å². The van der Waals surface area contributed by atoms with Gasteiger partial charge < -0.3 is 15.7 Å². The predicted molar refractivity (Wildman–Crippen MR) is 111 cm³/mol. The van der Waals surface area contributed by atoms with E-state index in [0.29, 0.717) is 25.6 Å². The summed E-state index contributed by atoms with van der Waals surface area (Å²) in [5, 5.41) is 18.6. The summed E-state index contributed by atoms with van der Waals surface area (Å²) < 4.78 is 26.3. The van der Waals surface area contributed by atoms with Gasteiger partial charge in [-0.05, 0) is 25.3 Å². The zero-order valence-corrected chi connectivity index (χ0v) is 17.7. The summed E-state index contributed by atoms with van der Waals surface area (Å²) in [6.45, 7) is 5.97. The Bertz CT molecular complexity index is 669. The zero-order chi connectivity index (χ0) is 19.0. The number of hydrogen-bond acceptors (Lipinski definition) is 6. The lowest BCUT2D eigenvalue weighted by Gasteiger charge is -2.25. The van der Waals surface area contributed by atoms with Gasteiger partial charge in [0.05, 0.1) is 12.3 Å². The van der Waals surface area contributed by atoms with Gasteiger partial charge in [-0.3, -0.25) is 0 Å². The number of nitrogens with zero attached hydrogens (tertiary/aromatic N) is 2. The van der Waals surface area contributed by atoms with Crippen molar-refractivity contribution in [2.24, 2.45) is 4.99 Å². The summed E-state index contributed by atoms with van der Waals surface area (Å²) in [4.78, 5) is 5.26. The van der Waals surface area contributed by atoms with Gasteiger partial charge in [0.1, 0.15) is 5.60 Å². The van der Waals surface area contributed by atoms with Gasteiger partial charge >= 0.3 is 0 Å². The van der Waals surface area contributed by atoms with Gasteiger partial charge in [-0.25, -0.2) is 17.7 Å². The third-order valence-corrected chi connectivity index (χ3v) is 7.89. The molecule has 1 atom stereocenters. The van der Waals surface area contributed by atoms with E-state index in [1.807, 2.05) is 24.4 Å². The van der Waals surface area contributed by atoms with Gasteiger partial charge in [0, 0.05) is 42.6 Å². The lowest BCUT2D eigenvalue weighted by atomic mass is 10.1. The normalized spacial score (nSPS) is 19.1. The number of thioether (sulfide) groups is 1. The summed E-state index contributed by atoms with van der Waals surface area (Å²) in [5.41, 5.74) is -1.05. The van der Waals surface area contributed by atoms with Crippen molar-refractivity contribution in [3.8, 4) is 0 Å². The fourth-order valence-electron chi connectivity index (χ4n) is 2.49. The van der Waals surface area contributed by atoms with Crippen molar-refractivity contribution < 1.29 is 13.5 Å². The van der Waals surface area contributed by atoms with Crippen LogP contribution in [0.2, 0.25) is 0 Å². The Hall–Kier alpha value is -0.810. The Morgan fingerprint density at radius 1 is 1.38 bits per heavy atom. The molecule has 0 aromatic carbocycles. The van der Waals surface area contributed by atoms with Crippen LogP contribution in [0.5, 0.6) is 0 Å². The maximum Gasteiger partial charge on any atom is 0.215 e. The molecule has 0 aliphatic carbocycles. The first-order valence-corrected chi connectivity index (χ1v) is 12.3. The molecule has 0 saturated carbocycles. The van der Waals surface area contributed by atoms with E-state index < -0.39 is 15.6 Å². The van der Waals surface area contributed by atoms with Gasteiger partial charge in [-0.1, -0.05) is 6.07 Å². The molecule has 1 fully saturated rings. The molecule has 1 aliphatic heterocycles. The highest BCUT2D eigenvalue weighted by Gasteiger charge is 2.25.